The molecule has 2 amide bonds. The lowest BCUT2D eigenvalue weighted by Crippen LogP contribution is -2.39. The summed E-state index contributed by atoms with van der Waals surface area (Å²) in [5.74, 6) is -1.14. The van der Waals surface area contributed by atoms with Crippen molar-refractivity contribution >= 4 is 12.0 Å². The smallest absolute Gasteiger partial charge is 0.345 e. The number of hydrogen-bond acceptors (Lipinski definition) is 4. The van der Waals surface area contributed by atoms with E-state index >= 15 is 0 Å². The Bertz CT molecular complexity index is 819. The Morgan fingerprint density at radius 1 is 1.33 bits per heavy atom. The van der Waals surface area contributed by atoms with Crippen molar-refractivity contribution in [2.24, 2.45) is 0 Å². The number of amides is 2. The number of carbonyl (C=O) groups excluding carboxylic acids is 1. The predicted molar refractivity (Wildman–Crippen MR) is 81.3 cm³/mol. The molecule has 2 bridgehead atoms. The molecule has 1 saturated heterocycles. The molecule has 0 radical (unpaired) electrons. The number of aromatic nitrogens is 2. The molecular formula is C16H16N4O4. The third kappa shape index (κ3) is 1.86. The van der Waals surface area contributed by atoms with Crippen LogP contribution in [0.25, 0.3) is 0 Å². The molecule has 3 unspecified atom stereocenters. The van der Waals surface area contributed by atoms with Crippen LogP contribution in [-0.4, -0.2) is 48.6 Å². The zero-order valence-electron chi connectivity index (χ0n) is 12.9. The molecule has 1 aromatic carbocycles. The van der Waals surface area contributed by atoms with E-state index in [1.165, 1.54) is 4.90 Å². The quantitative estimate of drug-likeness (QED) is 0.837. The molecular weight excluding hydrogens is 312 g/mol. The minimum absolute atomic E-state index is 0.144. The molecule has 3 heterocycles. The van der Waals surface area contributed by atoms with Gasteiger partial charge in [0, 0.05) is 5.56 Å². The van der Waals surface area contributed by atoms with E-state index in [0.29, 0.717) is 16.3 Å². The van der Waals surface area contributed by atoms with E-state index in [0.717, 1.165) is 5.56 Å². The van der Waals surface area contributed by atoms with Gasteiger partial charge in [-0.15, -0.1) is 0 Å². The molecule has 0 aliphatic carbocycles. The van der Waals surface area contributed by atoms with Gasteiger partial charge in [-0.1, -0.05) is 30.3 Å². The van der Waals surface area contributed by atoms with Gasteiger partial charge < -0.3 is 10.0 Å². The molecule has 8 nitrogen and oxygen atoms in total. The number of rotatable bonds is 3. The van der Waals surface area contributed by atoms with E-state index in [1.54, 1.807) is 10.9 Å². The zero-order valence-corrected chi connectivity index (χ0v) is 12.9. The summed E-state index contributed by atoms with van der Waals surface area (Å²) in [5.41, 5.74) is 2.00. The number of benzene rings is 1. The van der Waals surface area contributed by atoms with Crippen LogP contribution in [0, 0.1) is 0 Å². The van der Waals surface area contributed by atoms with Crippen molar-refractivity contribution in [2.45, 2.75) is 25.0 Å². The van der Waals surface area contributed by atoms with Crippen molar-refractivity contribution in [3.8, 4) is 0 Å². The lowest BCUT2D eigenvalue weighted by atomic mass is 9.97. The van der Waals surface area contributed by atoms with E-state index in [9.17, 15) is 19.9 Å². The predicted octanol–water partition coefficient (Wildman–Crippen LogP) is 1.80. The number of urea groups is 1. The number of hydroxylamine groups is 2. The van der Waals surface area contributed by atoms with E-state index < -0.39 is 24.1 Å². The average molecular weight is 328 g/mol. The molecule has 2 aliphatic heterocycles. The largest absolute Gasteiger partial charge is 0.479 e. The Kier molecular flexibility index (Phi) is 3.10. The van der Waals surface area contributed by atoms with Crippen molar-refractivity contribution < 1.29 is 19.9 Å². The number of carboxylic acid groups (broad SMARTS) is 1. The molecule has 2 aromatic rings. The Morgan fingerprint density at radius 3 is 2.71 bits per heavy atom. The van der Waals surface area contributed by atoms with Crippen molar-refractivity contribution in [3.05, 3.63) is 53.3 Å². The van der Waals surface area contributed by atoms with Crippen LogP contribution in [0.2, 0.25) is 0 Å². The number of carbonyl (C=O) groups is 2. The van der Waals surface area contributed by atoms with Crippen LogP contribution in [0.15, 0.2) is 36.5 Å². The molecule has 0 spiro atoms. The van der Waals surface area contributed by atoms with Crippen LogP contribution in [0.3, 0.4) is 0 Å². The van der Waals surface area contributed by atoms with Crippen LogP contribution in [-0.2, 0) is 4.79 Å². The van der Waals surface area contributed by atoms with Gasteiger partial charge in [0.05, 0.1) is 24.5 Å². The standard InChI is InChI=1S/C16H16N4O4/c1-9(10-5-3-2-4-6-10)19-13-11(7-17-19)12-8-18(14(13)15(21)22)16(23)20(12)24/h2-7,9,12,14,24H,8H2,1H3,(H,21,22). The molecule has 24 heavy (non-hydrogen) atoms. The molecule has 8 heteroatoms. The first-order chi connectivity index (χ1) is 11.5. The van der Waals surface area contributed by atoms with Crippen LogP contribution in [0.1, 0.15) is 41.9 Å². The second kappa shape index (κ2) is 5.07. The molecule has 3 atom stereocenters. The monoisotopic (exact) mass is 328 g/mol. The maximum Gasteiger partial charge on any atom is 0.345 e. The summed E-state index contributed by atoms with van der Waals surface area (Å²) >= 11 is 0. The molecule has 4 rings (SSSR count). The first kappa shape index (κ1) is 14.7. The molecule has 2 N–H and O–H groups in total. The second-order valence-electron chi connectivity index (χ2n) is 6.05. The van der Waals surface area contributed by atoms with Crippen molar-refractivity contribution in [2.75, 3.05) is 6.54 Å². The zero-order chi connectivity index (χ0) is 17.0. The third-order valence-electron chi connectivity index (χ3n) is 4.78. The summed E-state index contributed by atoms with van der Waals surface area (Å²) < 4.78 is 1.63. The van der Waals surface area contributed by atoms with Gasteiger partial charge in [0.25, 0.3) is 0 Å². The normalized spacial score (nSPS) is 23.3. The summed E-state index contributed by atoms with van der Waals surface area (Å²) in [4.78, 5) is 25.1. The third-order valence-corrected chi connectivity index (χ3v) is 4.78. The van der Waals surface area contributed by atoms with Gasteiger partial charge in [-0.05, 0) is 12.5 Å². The van der Waals surface area contributed by atoms with E-state index in [1.807, 2.05) is 37.3 Å². The Balaban J connectivity index is 1.86. The Labute approximate surface area is 137 Å². The lowest BCUT2D eigenvalue weighted by Gasteiger charge is -2.30. The minimum Gasteiger partial charge on any atom is -0.479 e. The van der Waals surface area contributed by atoms with Gasteiger partial charge in [0.15, 0.2) is 6.04 Å². The van der Waals surface area contributed by atoms with Gasteiger partial charge >= 0.3 is 12.0 Å². The van der Waals surface area contributed by atoms with Crippen LogP contribution >= 0.6 is 0 Å². The fourth-order valence-corrected chi connectivity index (χ4v) is 3.56. The van der Waals surface area contributed by atoms with E-state index in [2.05, 4.69) is 5.10 Å². The maximum atomic E-state index is 12.1. The summed E-state index contributed by atoms with van der Waals surface area (Å²) in [7, 11) is 0. The number of aliphatic carboxylic acids is 1. The van der Waals surface area contributed by atoms with Crippen molar-refractivity contribution in [3.63, 3.8) is 0 Å². The van der Waals surface area contributed by atoms with Crippen molar-refractivity contribution in [1.82, 2.24) is 19.7 Å². The summed E-state index contributed by atoms with van der Waals surface area (Å²) in [6.45, 7) is 2.07. The highest BCUT2D eigenvalue weighted by molar-refractivity contribution is 5.86. The van der Waals surface area contributed by atoms with Gasteiger partial charge in [0.1, 0.15) is 6.04 Å². The van der Waals surface area contributed by atoms with Crippen LogP contribution < -0.4 is 0 Å². The van der Waals surface area contributed by atoms with Crippen molar-refractivity contribution in [1.29, 1.82) is 0 Å². The number of nitrogens with zero attached hydrogens (tertiary/aromatic N) is 4. The van der Waals surface area contributed by atoms with E-state index in [-0.39, 0.29) is 12.6 Å². The fourth-order valence-electron chi connectivity index (χ4n) is 3.56. The Hall–Kier alpha value is -2.87. The summed E-state index contributed by atoms with van der Waals surface area (Å²) in [6.07, 6.45) is 1.55. The average Bonchev–Trinajstić information content (AvgIpc) is 3.12. The highest BCUT2D eigenvalue weighted by Crippen LogP contribution is 2.44. The number of fused-ring (bicyclic) bond motifs is 4. The van der Waals surface area contributed by atoms with Crippen LogP contribution in [0.5, 0.6) is 0 Å². The highest BCUT2D eigenvalue weighted by atomic mass is 16.5. The van der Waals surface area contributed by atoms with Gasteiger partial charge in [-0.2, -0.15) is 10.2 Å². The topological polar surface area (TPSA) is 98.9 Å². The minimum atomic E-state index is -1.16. The molecule has 0 saturated carbocycles. The van der Waals surface area contributed by atoms with Gasteiger partial charge in [-0.25, -0.2) is 9.59 Å². The fraction of sp³-hybridized carbons (Fsp3) is 0.312. The lowest BCUT2D eigenvalue weighted by molar-refractivity contribution is -0.142. The summed E-state index contributed by atoms with van der Waals surface area (Å²) in [5, 5.41) is 24.6. The summed E-state index contributed by atoms with van der Waals surface area (Å²) in [6, 6.07) is 6.97. The molecule has 1 aromatic heterocycles. The SMILES string of the molecule is CC(c1ccccc1)n1ncc2c1C(C(=O)O)N1CC2N(O)C1=O. The molecule has 2 aliphatic rings. The number of hydrogen-bond donors (Lipinski definition) is 2. The second-order valence-corrected chi connectivity index (χ2v) is 6.05. The maximum absolute atomic E-state index is 12.1. The van der Waals surface area contributed by atoms with E-state index in [4.69, 9.17) is 0 Å². The molecule has 1 fully saturated rings. The highest BCUT2D eigenvalue weighted by Gasteiger charge is 2.52. The Morgan fingerprint density at radius 2 is 2.04 bits per heavy atom. The van der Waals surface area contributed by atoms with Crippen LogP contribution in [0.4, 0.5) is 4.79 Å². The number of carboxylic acids is 1. The first-order valence-corrected chi connectivity index (χ1v) is 7.64. The first-order valence-electron chi connectivity index (χ1n) is 7.64. The molecule has 124 valence electrons. The van der Waals surface area contributed by atoms with Gasteiger partial charge in [-0.3, -0.25) is 9.89 Å². The van der Waals surface area contributed by atoms with Gasteiger partial charge in [0.2, 0.25) is 0 Å².